The highest BCUT2D eigenvalue weighted by atomic mass is 32.2. The number of halogens is 1. The molecule has 11 heteroatoms. The summed E-state index contributed by atoms with van der Waals surface area (Å²) in [5.74, 6) is -1.27. The Morgan fingerprint density at radius 1 is 1.18 bits per heavy atom. The Hall–Kier alpha value is -3.96. The van der Waals surface area contributed by atoms with Crippen molar-refractivity contribution in [2.24, 2.45) is 0 Å². The van der Waals surface area contributed by atoms with Crippen molar-refractivity contribution in [1.29, 1.82) is 0 Å². The molecule has 38 heavy (non-hydrogen) atoms. The summed E-state index contributed by atoms with van der Waals surface area (Å²) in [5, 5.41) is 19.5. The van der Waals surface area contributed by atoms with E-state index in [2.05, 4.69) is 10.2 Å². The van der Waals surface area contributed by atoms with Crippen LogP contribution in [0.2, 0.25) is 0 Å². The molecule has 0 saturated carbocycles. The molecule has 8 nitrogen and oxygen atoms in total. The largest absolute Gasteiger partial charge is 0.503 e. The summed E-state index contributed by atoms with van der Waals surface area (Å²) in [4.78, 5) is 28.0. The van der Waals surface area contributed by atoms with E-state index in [1.165, 1.54) is 41.1 Å². The molecule has 4 aromatic rings. The molecule has 5 rings (SSSR count). The van der Waals surface area contributed by atoms with Gasteiger partial charge in [0.25, 0.3) is 5.91 Å². The standard InChI is InChI=1S/C27H22FN3O5S2/c1-2-12-35-19-6-3-5-17(14-19)22-21(23(32)20-7-4-13-36-20)24(33)25(34)31(22)26-29-30-27(38-26)37-15-16-8-10-18(28)11-9-16/h3-11,13-14,22,33H,2,12,15H2,1H3. The van der Waals surface area contributed by atoms with Crippen molar-refractivity contribution < 1.29 is 28.2 Å². The van der Waals surface area contributed by atoms with E-state index in [1.54, 1.807) is 42.5 Å². The lowest BCUT2D eigenvalue weighted by atomic mass is 9.95. The number of ether oxygens (including phenoxy) is 1. The summed E-state index contributed by atoms with van der Waals surface area (Å²) < 4.78 is 24.8. The van der Waals surface area contributed by atoms with Crippen LogP contribution >= 0.6 is 23.1 Å². The van der Waals surface area contributed by atoms with Crippen LogP contribution < -0.4 is 9.64 Å². The van der Waals surface area contributed by atoms with Gasteiger partial charge in [0.05, 0.1) is 24.5 Å². The monoisotopic (exact) mass is 551 g/mol. The highest BCUT2D eigenvalue weighted by Gasteiger charge is 2.46. The lowest BCUT2D eigenvalue weighted by Crippen LogP contribution is -2.31. The Labute approximate surface area is 225 Å². The molecule has 0 saturated heterocycles. The highest BCUT2D eigenvalue weighted by molar-refractivity contribution is 8.00. The number of carbonyl (C=O) groups excluding carboxylic acids is 2. The van der Waals surface area contributed by atoms with Crippen molar-refractivity contribution in [3.05, 3.63) is 101 Å². The number of aliphatic hydroxyl groups excluding tert-OH is 1. The summed E-state index contributed by atoms with van der Waals surface area (Å²) >= 11 is 2.54. The highest BCUT2D eigenvalue weighted by Crippen LogP contribution is 2.44. The van der Waals surface area contributed by atoms with Crippen LogP contribution in [0.1, 0.15) is 41.1 Å². The van der Waals surface area contributed by atoms with Gasteiger partial charge in [-0.3, -0.25) is 14.5 Å². The number of aromatic nitrogens is 2. The van der Waals surface area contributed by atoms with Gasteiger partial charge in [-0.2, -0.15) is 0 Å². The molecule has 1 aliphatic rings. The molecule has 0 aliphatic carbocycles. The van der Waals surface area contributed by atoms with Gasteiger partial charge in [-0.1, -0.05) is 54.3 Å². The van der Waals surface area contributed by atoms with Gasteiger partial charge < -0.3 is 14.3 Å². The normalized spacial score (nSPS) is 15.4. The lowest BCUT2D eigenvalue weighted by molar-refractivity contribution is -0.117. The fraction of sp³-hybridized carbons (Fsp3) is 0.185. The molecule has 1 unspecified atom stereocenters. The molecular formula is C27H22FN3O5S2. The summed E-state index contributed by atoms with van der Waals surface area (Å²) in [6.45, 7) is 2.49. The first-order valence-electron chi connectivity index (χ1n) is 11.7. The van der Waals surface area contributed by atoms with E-state index in [0.717, 1.165) is 23.3 Å². The minimum atomic E-state index is -0.979. The number of hydrogen-bond donors (Lipinski definition) is 1. The average molecular weight is 552 g/mol. The number of Topliss-reactive ketones (excluding diaryl/α,β-unsaturated/α-hetero) is 1. The van der Waals surface area contributed by atoms with Gasteiger partial charge in [0.2, 0.25) is 10.9 Å². The van der Waals surface area contributed by atoms with Crippen molar-refractivity contribution >= 4 is 39.9 Å². The van der Waals surface area contributed by atoms with Crippen molar-refractivity contribution in [3.8, 4) is 5.75 Å². The average Bonchev–Trinajstić information content (AvgIpc) is 3.68. The number of amides is 1. The van der Waals surface area contributed by atoms with Crippen LogP contribution in [0.25, 0.3) is 0 Å². The van der Waals surface area contributed by atoms with Gasteiger partial charge in [-0.05, 0) is 53.9 Å². The fourth-order valence-electron chi connectivity index (χ4n) is 3.97. The maximum Gasteiger partial charge on any atom is 0.296 e. The summed E-state index contributed by atoms with van der Waals surface area (Å²) in [6, 6.07) is 15.2. The molecule has 0 spiro atoms. The molecule has 0 bridgehead atoms. The predicted octanol–water partition coefficient (Wildman–Crippen LogP) is 6.13. The number of nitrogens with zero attached hydrogens (tertiary/aromatic N) is 3. The molecular weight excluding hydrogens is 529 g/mol. The first-order valence-corrected chi connectivity index (χ1v) is 13.5. The number of furan rings is 1. The zero-order valence-electron chi connectivity index (χ0n) is 20.2. The Kier molecular flexibility index (Phi) is 7.57. The van der Waals surface area contributed by atoms with Gasteiger partial charge in [0.15, 0.2) is 15.9 Å². The minimum Gasteiger partial charge on any atom is -0.503 e. The van der Waals surface area contributed by atoms with Gasteiger partial charge in [0, 0.05) is 5.75 Å². The number of carbonyl (C=O) groups is 2. The predicted molar refractivity (Wildman–Crippen MR) is 141 cm³/mol. The minimum absolute atomic E-state index is 0.00241. The zero-order valence-corrected chi connectivity index (χ0v) is 21.8. The van der Waals surface area contributed by atoms with Gasteiger partial charge in [-0.25, -0.2) is 4.39 Å². The van der Waals surface area contributed by atoms with E-state index in [4.69, 9.17) is 9.15 Å². The van der Waals surface area contributed by atoms with Crippen LogP contribution in [-0.4, -0.2) is 33.6 Å². The first-order chi connectivity index (χ1) is 18.5. The van der Waals surface area contributed by atoms with Crippen LogP contribution in [0.5, 0.6) is 5.75 Å². The second-order valence-electron chi connectivity index (χ2n) is 8.33. The number of aliphatic hydroxyl groups is 1. The van der Waals surface area contributed by atoms with Gasteiger partial charge in [-0.15, -0.1) is 10.2 Å². The zero-order chi connectivity index (χ0) is 26.6. The third-order valence-electron chi connectivity index (χ3n) is 5.72. The van der Waals surface area contributed by atoms with E-state index in [-0.39, 0.29) is 22.3 Å². The number of benzene rings is 2. The van der Waals surface area contributed by atoms with E-state index in [1.807, 2.05) is 6.92 Å². The smallest absolute Gasteiger partial charge is 0.296 e. The molecule has 3 heterocycles. The van der Waals surface area contributed by atoms with Crippen LogP contribution in [-0.2, 0) is 10.5 Å². The molecule has 1 aliphatic heterocycles. The van der Waals surface area contributed by atoms with Crippen LogP contribution in [0, 0.1) is 5.82 Å². The van der Waals surface area contributed by atoms with Gasteiger partial charge in [0.1, 0.15) is 11.6 Å². The van der Waals surface area contributed by atoms with Crippen molar-refractivity contribution in [2.45, 2.75) is 29.5 Å². The molecule has 0 fully saturated rings. The molecule has 2 aromatic carbocycles. The number of rotatable bonds is 10. The first kappa shape index (κ1) is 25.7. The number of hydrogen-bond acceptors (Lipinski definition) is 9. The quantitative estimate of drug-likeness (QED) is 0.142. The maximum atomic E-state index is 13.4. The maximum absolute atomic E-state index is 13.4. The lowest BCUT2D eigenvalue weighted by Gasteiger charge is -2.24. The molecule has 2 aromatic heterocycles. The topological polar surface area (TPSA) is 106 Å². The van der Waals surface area contributed by atoms with Crippen LogP contribution in [0.4, 0.5) is 9.52 Å². The Bertz CT molecular complexity index is 1480. The summed E-state index contributed by atoms with van der Waals surface area (Å²) in [6.07, 6.45) is 2.16. The third kappa shape index (κ3) is 5.20. The molecule has 1 amide bonds. The van der Waals surface area contributed by atoms with E-state index in [0.29, 0.717) is 28.0 Å². The molecule has 0 radical (unpaired) electrons. The third-order valence-corrected chi connectivity index (χ3v) is 7.85. The van der Waals surface area contributed by atoms with Crippen molar-refractivity contribution in [2.75, 3.05) is 11.5 Å². The number of anilines is 1. The Morgan fingerprint density at radius 2 is 2.00 bits per heavy atom. The van der Waals surface area contributed by atoms with E-state index in [9.17, 15) is 19.1 Å². The van der Waals surface area contributed by atoms with Crippen LogP contribution in [0.3, 0.4) is 0 Å². The van der Waals surface area contributed by atoms with Crippen LogP contribution in [0.15, 0.2) is 87.0 Å². The second-order valence-corrected chi connectivity index (χ2v) is 10.5. The van der Waals surface area contributed by atoms with Crippen molar-refractivity contribution in [1.82, 2.24) is 10.2 Å². The van der Waals surface area contributed by atoms with Crippen molar-refractivity contribution in [3.63, 3.8) is 0 Å². The fourth-order valence-corrected chi connectivity index (χ4v) is 5.79. The number of thioether (sulfide) groups is 1. The Balaban J connectivity index is 1.49. The second kappa shape index (κ2) is 11.2. The molecule has 194 valence electrons. The SMILES string of the molecule is CCCOc1cccc(C2C(C(=O)c3ccco3)=C(O)C(=O)N2c2nnc(SCc3ccc(F)cc3)s2)c1. The van der Waals surface area contributed by atoms with Gasteiger partial charge >= 0.3 is 0 Å². The van der Waals surface area contributed by atoms with E-state index >= 15 is 0 Å². The molecule has 1 atom stereocenters. The summed E-state index contributed by atoms with van der Waals surface area (Å²) in [7, 11) is 0. The number of ketones is 1. The van der Waals surface area contributed by atoms with E-state index < -0.39 is 23.5 Å². The summed E-state index contributed by atoms with van der Waals surface area (Å²) in [5.41, 5.74) is 1.34. The molecule has 1 N–H and O–H groups in total. The Morgan fingerprint density at radius 3 is 2.74 bits per heavy atom.